The van der Waals surface area contributed by atoms with Crippen LogP contribution in [0.3, 0.4) is 0 Å². The van der Waals surface area contributed by atoms with Gasteiger partial charge < -0.3 is 14.7 Å². The number of morpholine rings is 1. The van der Waals surface area contributed by atoms with Gasteiger partial charge >= 0.3 is 5.97 Å². The summed E-state index contributed by atoms with van der Waals surface area (Å²) in [6.07, 6.45) is -0.119. The molecule has 20 heavy (non-hydrogen) atoms. The molecule has 1 aliphatic heterocycles. The van der Waals surface area contributed by atoms with Gasteiger partial charge in [0.15, 0.2) is 5.82 Å². The van der Waals surface area contributed by atoms with Gasteiger partial charge in [-0.2, -0.15) is 0 Å². The number of rotatable bonds is 3. The van der Waals surface area contributed by atoms with Crippen LogP contribution in [-0.4, -0.2) is 41.8 Å². The van der Waals surface area contributed by atoms with Crippen molar-refractivity contribution in [3.05, 3.63) is 33.6 Å². The van der Waals surface area contributed by atoms with Crippen LogP contribution in [0.2, 0.25) is 0 Å². The second-order valence-electron chi connectivity index (χ2n) is 4.51. The van der Waals surface area contributed by atoms with E-state index in [0.717, 1.165) is 6.07 Å². The number of hydrogen-bond donors (Lipinski definition) is 1. The van der Waals surface area contributed by atoms with E-state index in [1.54, 1.807) is 4.90 Å². The summed E-state index contributed by atoms with van der Waals surface area (Å²) in [5.41, 5.74) is -1.23. The Balaban J connectivity index is 2.46. The van der Waals surface area contributed by atoms with Crippen LogP contribution in [0.5, 0.6) is 0 Å². The van der Waals surface area contributed by atoms with Gasteiger partial charge in [0, 0.05) is 13.1 Å². The zero-order valence-corrected chi connectivity index (χ0v) is 10.7. The maximum absolute atomic E-state index is 14.0. The predicted molar refractivity (Wildman–Crippen MR) is 67.6 cm³/mol. The number of anilines is 1. The first-order valence-electron chi connectivity index (χ1n) is 5.98. The molecule has 1 N–H and O–H groups in total. The largest absolute Gasteiger partial charge is 0.477 e. The van der Waals surface area contributed by atoms with E-state index in [1.165, 1.54) is 0 Å². The van der Waals surface area contributed by atoms with Gasteiger partial charge in [0.1, 0.15) is 5.56 Å². The average molecular weight is 284 g/mol. The predicted octanol–water partition coefficient (Wildman–Crippen LogP) is 1.66. The highest BCUT2D eigenvalue weighted by molar-refractivity contribution is 5.93. The molecule has 0 saturated carbocycles. The van der Waals surface area contributed by atoms with Crippen LogP contribution in [-0.2, 0) is 4.74 Å². The summed E-state index contributed by atoms with van der Waals surface area (Å²) in [6, 6.07) is 1.66. The van der Waals surface area contributed by atoms with Crippen molar-refractivity contribution in [3.8, 4) is 0 Å². The monoisotopic (exact) mass is 284 g/mol. The second kappa shape index (κ2) is 5.41. The van der Waals surface area contributed by atoms with E-state index >= 15 is 0 Å². The number of nitro groups is 1. The van der Waals surface area contributed by atoms with Crippen molar-refractivity contribution in [1.29, 1.82) is 0 Å². The molecule has 0 radical (unpaired) electrons. The van der Waals surface area contributed by atoms with Gasteiger partial charge in [-0.1, -0.05) is 0 Å². The van der Waals surface area contributed by atoms with Crippen LogP contribution in [0.1, 0.15) is 17.3 Å². The summed E-state index contributed by atoms with van der Waals surface area (Å²) in [5.74, 6) is -2.27. The molecule has 108 valence electrons. The lowest BCUT2D eigenvalue weighted by atomic mass is 10.1. The third-order valence-electron chi connectivity index (χ3n) is 3.07. The first-order valence-corrected chi connectivity index (χ1v) is 5.98. The van der Waals surface area contributed by atoms with Crippen molar-refractivity contribution >= 4 is 17.3 Å². The van der Waals surface area contributed by atoms with Crippen LogP contribution >= 0.6 is 0 Å². The van der Waals surface area contributed by atoms with Crippen LogP contribution in [0.15, 0.2) is 12.1 Å². The van der Waals surface area contributed by atoms with Crippen molar-refractivity contribution in [1.82, 2.24) is 0 Å². The number of nitro benzene ring substituents is 1. The molecule has 0 aromatic heterocycles. The van der Waals surface area contributed by atoms with Gasteiger partial charge in [-0.3, -0.25) is 10.1 Å². The summed E-state index contributed by atoms with van der Waals surface area (Å²) >= 11 is 0. The molecule has 1 aliphatic rings. The van der Waals surface area contributed by atoms with E-state index in [0.29, 0.717) is 25.8 Å². The van der Waals surface area contributed by atoms with Crippen LogP contribution < -0.4 is 4.90 Å². The summed E-state index contributed by atoms with van der Waals surface area (Å²) in [5, 5.41) is 19.8. The molecule has 1 aromatic carbocycles. The maximum Gasteiger partial charge on any atom is 0.342 e. The minimum atomic E-state index is -1.46. The van der Waals surface area contributed by atoms with E-state index in [2.05, 4.69) is 0 Å². The van der Waals surface area contributed by atoms with Crippen molar-refractivity contribution in [2.45, 2.75) is 13.0 Å². The molecule has 0 spiro atoms. The molecular weight excluding hydrogens is 271 g/mol. The molecule has 1 saturated heterocycles. The van der Waals surface area contributed by atoms with Gasteiger partial charge in [-0.05, 0) is 13.0 Å². The molecule has 0 aliphatic carbocycles. The molecule has 1 aromatic rings. The van der Waals surface area contributed by atoms with Gasteiger partial charge in [-0.25, -0.2) is 9.18 Å². The normalized spacial score (nSPS) is 18.9. The molecule has 8 heteroatoms. The zero-order valence-electron chi connectivity index (χ0n) is 10.7. The molecule has 1 fully saturated rings. The molecule has 1 heterocycles. The fraction of sp³-hybridized carbons (Fsp3) is 0.417. The van der Waals surface area contributed by atoms with Crippen molar-refractivity contribution in [3.63, 3.8) is 0 Å². The van der Waals surface area contributed by atoms with Crippen molar-refractivity contribution in [2.75, 3.05) is 24.6 Å². The van der Waals surface area contributed by atoms with Crippen LogP contribution in [0, 0.1) is 15.9 Å². The number of hydrogen-bond acceptors (Lipinski definition) is 5. The highest BCUT2D eigenvalue weighted by Gasteiger charge is 2.27. The highest BCUT2D eigenvalue weighted by atomic mass is 19.1. The van der Waals surface area contributed by atoms with Gasteiger partial charge in [0.2, 0.25) is 0 Å². The zero-order chi connectivity index (χ0) is 14.9. The summed E-state index contributed by atoms with van der Waals surface area (Å²) in [4.78, 5) is 22.5. The highest BCUT2D eigenvalue weighted by Crippen LogP contribution is 2.29. The van der Waals surface area contributed by atoms with Gasteiger partial charge in [-0.15, -0.1) is 0 Å². The first kappa shape index (κ1) is 14.2. The maximum atomic E-state index is 14.0. The quantitative estimate of drug-likeness (QED) is 0.670. The minimum Gasteiger partial charge on any atom is -0.477 e. The molecular formula is C12H13FN2O5. The van der Waals surface area contributed by atoms with E-state index in [-0.39, 0.29) is 11.8 Å². The Morgan fingerprint density at radius 1 is 1.60 bits per heavy atom. The summed E-state index contributed by atoms with van der Waals surface area (Å²) < 4.78 is 19.3. The Labute approximate surface area is 113 Å². The fourth-order valence-electron chi connectivity index (χ4n) is 2.15. The molecule has 2 rings (SSSR count). The lowest BCUT2D eigenvalue weighted by Crippen LogP contribution is -2.41. The van der Waals surface area contributed by atoms with Gasteiger partial charge in [0.05, 0.1) is 29.4 Å². The average Bonchev–Trinajstić information content (AvgIpc) is 2.37. The number of carboxylic acids is 1. The molecule has 1 atom stereocenters. The smallest absolute Gasteiger partial charge is 0.342 e. The molecule has 1 unspecified atom stereocenters. The molecule has 0 amide bonds. The van der Waals surface area contributed by atoms with Crippen LogP contribution in [0.4, 0.5) is 15.8 Å². The Kier molecular flexibility index (Phi) is 3.84. The number of nitrogens with zero attached hydrogens (tertiary/aromatic N) is 2. The van der Waals surface area contributed by atoms with Gasteiger partial charge in [0.25, 0.3) is 5.69 Å². The number of carboxylic acid groups (broad SMARTS) is 1. The SMILES string of the molecule is CC1CN(c2cc(C(=O)O)c([N+](=O)[O-])cc2F)CCO1. The number of carbonyl (C=O) groups is 1. The number of aromatic carboxylic acids is 1. The number of halogens is 1. The third kappa shape index (κ3) is 2.69. The Morgan fingerprint density at radius 2 is 2.30 bits per heavy atom. The lowest BCUT2D eigenvalue weighted by Gasteiger charge is -2.33. The standard InChI is InChI=1S/C12H13FN2O5/c1-7-6-14(2-3-20-7)11-4-8(12(16)17)10(15(18)19)5-9(11)13/h4-5,7H,2-3,6H2,1H3,(H,16,17). The van der Waals surface area contributed by atoms with Crippen LogP contribution in [0.25, 0.3) is 0 Å². The topological polar surface area (TPSA) is 92.9 Å². The van der Waals surface area contributed by atoms with E-state index in [1.807, 2.05) is 6.92 Å². The fourth-order valence-corrected chi connectivity index (χ4v) is 2.15. The molecule has 7 nitrogen and oxygen atoms in total. The van der Waals surface area contributed by atoms with E-state index in [9.17, 15) is 19.3 Å². The first-order chi connectivity index (χ1) is 9.40. The Bertz CT molecular complexity index is 563. The van der Waals surface area contributed by atoms with Crippen molar-refractivity contribution < 1.29 is 24.0 Å². The Hall–Kier alpha value is -2.22. The summed E-state index contributed by atoms with van der Waals surface area (Å²) in [6.45, 7) is 3.00. The molecule has 0 bridgehead atoms. The third-order valence-corrected chi connectivity index (χ3v) is 3.07. The number of benzene rings is 1. The van der Waals surface area contributed by atoms with E-state index < -0.39 is 28.0 Å². The number of ether oxygens (including phenoxy) is 1. The lowest BCUT2D eigenvalue weighted by molar-refractivity contribution is -0.385. The van der Waals surface area contributed by atoms with Crippen molar-refractivity contribution in [2.24, 2.45) is 0 Å². The summed E-state index contributed by atoms with van der Waals surface area (Å²) in [7, 11) is 0. The minimum absolute atomic E-state index is 0.0446. The Morgan fingerprint density at radius 3 is 2.85 bits per heavy atom. The van der Waals surface area contributed by atoms with E-state index in [4.69, 9.17) is 9.84 Å². The second-order valence-corrected chi connectivity index (χ2v) is 4.51.